The van der Waals surface area contributed by atoms with E-state index in [0.29, 0.717) is 16.0 Å². The average molecular weight is 336 g/mol. The van der Waals surface area contributed by atoms with E-state index >= 15 is 0 Å². The van der Waals surface area contributed by atoms with Gasteiger partial charge in [0, 0.05) is 0 Å². The van der Waals surface area contributed by atoms with Crippen LogP contribution in [-0.4, -0.2) is 6.36 Å². The van der Waals surface area contributed by atoms with Crippen LogP contribution in [0.25, 0.3) is 0 Å². The van der Waals surface area contributed by atoms with Crippen molar-refractivity contribution in [3.8, 4) is 5.75 Å². The molecule has 1 unspecified atom stereocenters. The quantitative estimate of drug-likeness (QED) is 0.922. The normalized spacial score (nSPS) is 13.3. The molecule has 19 heavy (non-hydrogen) atoms. The zero-order valence-corrected chi connectivity index (χ0v) is 11.0. The molecule has 0 saturated heterocycles. The summed E-state index contributed by atoms with van der Waals surface area (Å²) in [5, 5.41) is 0. The molecule has 102 valence electrons. The molecule has 2 aromatic rings. The van der Waals surface area contributed by atoms with Crippen LogP contribution in [0.5, 0.6) is 5.75 Å². The molecule has 2 N–H and O–H groups in total. The van der Waals surface area contributed by atoms with Crippen molar-refractivity contribution in [2.75, 3.05) is 0 Å². The van der Waals surface area contributed by atoms with Gasteiger partial charge < -0.3 is 14.9 Å². The van der Waals surface area contributed by atoms with Gasteiger partial charge in [-0.15, -0.1) is 13.2 Å². The average Bonchev–Trinajstić information content (AvgIpc) is 2.74. The molecule has 0 aliphatic rings. The summed E-state index contributed by atoms with van der Waals surface area (Å²) in [4.78, 5) is 0. The molecule has 0 amide bonds. The van der Waals surface area contributed by atoms with Gasteiger partial charge >= 0.3 is 6.36 Å². The summed E-state index contributed by atoms with van der Waals surface area (Å²) < 4.78 is 45.6. The maximum atomic E-state index is 12.0. The van der Waals surface area contributed by atoms with Crippen LogP contribution in [0.3, 0.4) is 0 Å². The summed E-state index contributed by atoms with van der Waals surface area (Å²) in [7, 11) is 0. The van der Waals surface area contributed by atoms with Crippen LogP contribution in [0.2, 0.25) is 0 Å². The summed E-state index contributed by atoms with van der Waals surface area (Å²) >= 11 is 3.15. The molecule has 0 spiro atoms. The van der Waals surface area contributed by atoms with E-state index in [2.05, 4.69) is 20.7 Å². The van der Waals surface area contributed by atoms with Crippen molar-refractivity contribution in [1.82, 2.24) is 0 Å². The Morgan fingerprint density at radius 3 is 2.21 bits per heavy atom. The molecule has 1 heterocycles. The molecule has 0 saturated carbocycles. The first kappa shape index (κ1) is 14.0. The highest BCUT2D eigenvalue weighted by atomic mass is 79.9. The van der Waals surface area contributed by atoms with E-state index in [9.17, 15) is 13.2 Å². The fraction of sp³-hybridized carbons (Fsp3) is 0.167. The highest BCUT2D eigenvalue weighted by Gasteiger charge is 2.31. The number of benzene rings is 1. The van der Waals surface area contributed by atoms with Gasteiger partial charge in [-0.1, -0.05) is 12.1 Å². The SMILES string of the molecule is NC(c1ccc(OC(F)(F)F)cc1)c1ccc(Br)o1. The van der Waals surface area contributed by atoms with E-state index in [1.807, 2.05) is 0 Å². The van der Waals surface area contributed by atoms with Crippen molar-refractivity contribution in [1.29, 1.82) is 0 Å². The summed E-state index contributed by atoms with van der Waals surface area (Å²) in [6.07, 6.45) is -4.70. The molecular formula is C12H9BrF3NO2. The van der Waals surface area contributed by atoms with Gasteiger partial charge in [-0.3, -0.25) is 0 Å². The minimum atomic E-state index is -4.70. The molecule has 0 bridgehead atoms. The standard InChI is InChI=1S/C12H9BrF3NO2/c13-10-6-5-9(18-10)11(17)7-1-3-8(4-2-7)19-12(14,15)16/h1-6,11H,17H2. The van der Waals surface area contributed by atoms with Gasteiger partial charge in [0.25, 0.3) is 0 Å². The largest absolute Gasteiger partial charge is 0.573 e. The first-order valence-corrected chi connectivity index (χ1v) is 6.01. The fourth-order valence-electron chi connectivity index (χ4n) is 1.54. The highest BCUT2D eigenvalue weighted by molar-refractivity contribution is 9.10. The maximum Gasteiger partial charge on any atom is 0.573 e. The van der Waals surface area contributed by atoms with Gasteiger partial charge in [-0.05, 0) is 45.8 Å². The Morgan fingerprint density at radius 1 is 1.11 bits per heavy atom. The van der Waals surface area contributed by atoms with Crippen molar-refractivity contribution in [2.24, 2.45) is 5.73 Å². The van der Waals surface area contributed by atoms with Crippen molar-refractivity contribution in [3.63, 3.8) is 0 Å². The number of nitrogens with two attached hydrogens (primary N) is 1. The van der Waals surface area contributed by atoms with Crippen molar-refractivity contribution in [3.05, 3.63) is 52.4 Å². The lowest BCUT2D eigenvalue weighted by Gasteiger charge is -2.12. The van der Waals surface area contributed by atoms with Gasteiger partial charge in [0.15, 0.2) is 4.67 Å². The van der Waals surface area contributed by atoms with E-state index in [0.717, 1.165) is 0 Å². The van der Waals surface area contributed by atoms with Crippen molar-refractivity contribution < 1.29 is 22.3 Å². The molecular weight excluding hydrogens is 327 g/mol. The molecule has 7 heteroatoms. The summed E-state index contributed by atoms with van der Waals surface area (Å²) in [5.74, 6) is 0.223. The van der Waals surface area contributed by atoms with Crippen LogP contribution < -0.4 is 10.5 Å². The van der Waals surface area contributed by atoms with E-state index in [-0.39, 0.29) is 5.75 Å². The molecule has 1 aromatic heterocycles. The lowest BCUT2D eigenvalue weighted by atomic mass is 10.1. The summed E-state index contributed by atoms with van der Waals surface area (Å²) in [6.45, 7) is 0. The predicted molar refractivity (Wildman–Crippen MR) is 65.6 cm³/mol. The van der Waals surface area contributed by atoms with Gasteiger partial charge in [0.05, 0.1) is 6.04 Å². The van der Waals surface area contributed by atoms with Gasteiger partial charge in [0.2, 0.25) is 0 Å². The van der Waals surface area contributed by atoms with Crippen LogP contribution in [0.15, 0.2) is 45.5 Å². The number of hydrogen-bond acceptors (Lipinski definition) is 3. The van der Waals surface area contributed by atoms with Crippen molar-refractivity contribution in [2.45, 2.75) is 12.4 Å². The summed E-state index contributed by atoms with van der Waals surface area (Å²) in [6, 6.07) is 8.17. The van der Waals surface area contributed by atoms with E-state index in [1.165, 1.54) is 24.3 Å². The second-order valence-corrected chi connectivity index (χ2v) is 4.52. The minimum absolute atomic E-state index is 0.288. The number of alkyl halides is 3. The number of halogens is 4. The molecule has 3 nitrogen and oxygen atoms in total. The van der Waals surface area contributed by atoms with Crippen molar-refractivity contribution >= 4 is 15.9 Å². The lowest BCUT2D eigenvalue weighted by Crippen LogP contribution is -2.17. The van der Waals surface area contributed by atoms with E-state index < -0.39 is 12.4 Å². The molecule has 0 fully saturated rings. The number of rotatable bonds is 3. The Bertz CT molecular complexity index is 551. The Balaban J connectivity index is 2.14. The molecule has 1 atom stereocenters. The van der Waals surface area contributed by atoms with Crippen LogP contribution in [0.1, 0.15) is 17.4 Å². The first-order valence-electron chi connectivity index (χ1n) is 5.22. The Morgan fingerprint density at radius 2 is 1.74 bits per heavy atom. The number of hydrogen-bond donors (Lipinski definition) is 1. The minimum Gasteiger partial charge on any atom is -0.452 e. The topological polar surface area (TPSA) is 48.4 Å². The van der Waals surface area contributed by atoms with Gasteiger partial charge in [-0.2, -0.15) is 0 Å². The fourth-order valence-corrected chi connectivity index (χ4v) is 1.86. The number of ether oxygens (including phenoxy) is 1. The molecule has 1 aromatic carbocycles. The first-order chi connectivity index (χ1) is 8.85. The second kappa shape index (κ2) is 5.26. The zero-order valence-electron chi connectivity index (χ0n) is 9.45. The van der Waals surface area contributed by atoms with E-state index in [4.69, 9.17) is 10.2 Å². The lowest BCUT2D eigenvalue weighted by molar-refractivity contribution is -0.274. The molecule has 0 aliphatic carbocycles. The van der Waals surface area contributed by atoms with Gasteiger partial charge in [0.1, 0.15) is 11.5 Å². The summed E-state index contributed by atoms with van der Waals surface area (Å²) in [5.41, 5.74) is 6.55. The zero-order chi connectivity index (χ0) is 14.0. The molecule has 2 rings (SSSR count). The van der Waals surface area contributed by atoms with Crippen LogP contribution in [0.4, 0.5) is 13.2 Å². The number of furan rings is 1. The molecule has 0 aliphatic heterocycles. The van der Waals surface area contributed by atoms with Crippen LogP contribution >= 0.6 is 15.9 Å². The van der Waals surface area contributed by atoms with Gasteiger partial charge in [-0.25, -0.2) is 0 Å². The highest BCUT2D eigenvalue weighted by Crippen LogP contribution is 2.27. The van der Waals surface area contributed by atoms with E-state index in [1.54, 1.807) is 12.1 Å². The smallest absolute Gasteiger partial charge is 0.452 e. The van der Waals surface area contributed by atoms with Crippen LogP contribution in [0, 0.1) is 0 Å². The monoisotopic (exact) mass is 335 g/mol. The Hall–Kier alpha value is -1.47. The maximum absolute atomic E-state index is 12.0. The van der Waals surface area contributed by atoms with Crippen LogP contribution in [-0.2, 0) is 0 Å². The molecule has 0 radical (unpaired) electrons. The second-order valence-electron chi connectivity index (χ2n) is 3.74. The Kier molecular flexibility index (Phi) is 3.86. The third-order valence-corrected chi connectivity index (χ3v) is 2.80. The predicted octanol–water partition coefficient (Wildman–Crippen LogP) is 3.99. The Labute approximate surface area is 115 Å². The third kappa shape index (κ3) is 3.74. The third-order valence-electron chi connectivity index (χ3n) is 2.37.